The number of hydrogen-bond donors (Lipinski definition) is 3. The molecule has 156 valence electrons. The van der Waals surface area contributed by atoms with Crippen LogP contribution in [0.4, 0.5) is 10.2 Å². The van der Waals surface area contributed by atoms with Crippen LogP contribution >= 0.6 is 11.3 Å². The molecule has 31 heavy (non-hydrogen) atoms. The Hall–Kier alpha value is -3.72. The van der Waals surface area contributed by atoms with Crippen LogP contribution < -0.4 is 15.7 Å². The summed E-state index contributed by atoms with van der Waals surface area (Å²) in [6.45, 7) is 2.18. The highest BCUT2D eigenvalue weighted by Gasteiger charge is 2.17. The minimum absolute atomic E-state index is 0.0277. The van der Waals surface area contributed by atoms with Gasteiger partial charge < -0.3 is 11.1 Å². The predicted molar refractivity (Wildman–Crippen MR) is 119 cm³/mol. The number of nitrogens with one attached hydrogen (secondary N) is 2. The van der Waals surface area contributed by atoms with Crippen molar-refractivity contribution in [2.75, 3.05) is 12.3 Å². The van der Waals surface area contributed by atoms with Gasteiger partial charge >= 0.3 is 0 Å². The number of nitrogens with zero attached hydrogens (tertiary/aromatic N) is 3. The molecule has 0 spiro atoms. The van der Waals surface area contributed by atoms with Gasteiger partial charge in [0.2, 0.25) is 5.82 Å². The third-order valence-electron chi connectivity index (χ3n) is 4.73. The number of nitrogen functional groups attached to an aromatic ring is 1. The minimum atomic E-state index is -0.637. The van der Waals surface area contributed by atoms with E-state index in [2.05, 4.69) is 15.4 Å². The number of carbonyl (C=O) groups excluding carboxylic acids is 1. The number of amides is 1. The van der Waals surface area contributed by atoms with Crippen molar-refractivity contribution in [3.05, 3.63) is 71.0 Å². The second kappa shape index (κ2) is 8.57. The van der Waals surface area contributed by atoms with Crippen molar-refractivity contribution in [3.63, 3.8) is 0 Å². The third-order valence-corrected chi connectivity index (χ3v) is 5.53. The summed E-state index contributed by atoms with van der Waals surface area (Å²) in [6.07, 6.45) is 0.323. The minimum Gasteiger partial charge on any atom is -0.352 e. The van der Waals surface area contributed by atoms with Crippen LogP contribution in [0.5, 0.6) is 0 Å². The molecule has 2 heterocycles. The van der Waals surface area contributed by atoms with E-state index in [1.54, 1.807) is 42.0 Å². The molecule has 0 aliphatic heterocycles. The lowest BCUT2D eigenvalue weighted by Gasteiger charge is -2.08. The number of nitrogens with two attached hydrogens (primary N) is 1. The smallest absolute Gasteiger partial charge is 0.258 e. The van der Waals surface area contributed by atoms with Gasteiger partial charge in [-0.25, -0.2) is 9.37 Å². The number of carbonyl (C=O) groups is 1. The highest BCUT2D eigenvalue weighted by molar-refractivity contribution is 7.16. The lowest BCUT2D eigenvalue weighted by molar-refractivity contribution is -0.608. The Morgan fingerprint density at radius 3 is 2.84 bits per heavy atom. The summed E-state index contributed by atoms with van der Waals surface area (Å²) in [4.78, 5) is 16.2. The van der Waals surface area contributed by atoms with Gasteiger partial charge in [0.1, 0.15) is 11.5 Å². The quantitative estimate of drug-likeness (QED) is 0.254. The van der Waals surface area contributed by atoms with Crippen LogP contribution in [0.1, 0.15) is 22.8 Å². The number of anilines is 1. The zero-order valence-corrected chi connectivity index (χ0v) is 17.5. The molecular weight excluding hydrogens is 415 g/mol. The Labute approximate surface area is 181 Å². The van der Waals surface area contributed by atoms with E-state index in [1.807, 2.05) is 18.2 Å². The number of hydrogen-bond acceptors (Lipinski definition) is 6. The highest BCUT2D eigenvalue weighted by Crippen LogP contribution is 2.21. The average Bonchev–Trinajstić information content (AvgIpc) is 3.22. The molecule has 1 amide bonds. The van der Waals surface area contributed by atoms with E-state index in [0.29, 0.717) is 30.0 Å². The van der Waals surface area contributed by atoms with Crippen molar-refractivity contribution in [2.45, 2.75) is 13.3 Å². The van der Waals surface area contributed by atoms with Crippen molar-refractivity contribution in [3.8, 4) is 11.3 Å². The second-order valence-electron chi connectivity index (χ2n) is 6.89. The van der Waals surface area contributed by atoms with E-state index < -0.39 is 11.7 Å². The van der Waals surface area contributed by atoms with Crippen LogP contribution in [0.25, 0.3) is 21.5 Å². The van der Waals surface area contributed by atoms with Crippen LogP contribution in [0.15, 0.2) is 54.0 Å². The normalized spacial score (nSPS) is 10.9. The fraction of sp³-hybridized carbons (Fsp3) is 0.136. The topological polar surface area (TPSA) is 109 Å². The second-order valence-corrected chi connectivity index (χ2v) is 7.77. The van der Waals surface area contributed by atoms with E-state index in [-0.39, 0.29) is 11.4 Å². The molecule has 4 aromatic rings. The molecule has 0 saturated carbocycles. The van der Waals surface area contributed by atoms with Gasteiger partial charge in [0, 0.05) is 18.2 Å². The largest absolute Gasteiger partial charge is 0.352 e. The summed E-state index contributed by atoms with van der Waals surface area (Å²) in [5.41, 5.74) is 10.6. The molecular formula is C22H20FN6OS+. The van der Waals surface area contributed by atoms with E-state index in [9.17, 15) is 9.18 Å². The van der Waals surface area contributed by atoms with Gasteiger partial charge in [-0.3, -0.25) is 4.79 Å². The summed E-state index contributed by atoms with van der Waals surface area (Å²) in [5, 5.41) is 15.5. The average molecular weight is 436 g/mol. The van der Waals surface area contributed by atoms with E-state index in [1.165, 1.54) is 16.8 Å². The molecule has 4 rings (SSSR count). The summed E-state index contributed by atoms with van der Waals surface area (Å²) < 4.78 is 16.9. The summed E-state index contributed by atoms with van der Waals surface area (Å²) in [5.74, 6) is -0.622. The molecule has 0 fully saturated rings. The molecule has 9 heteroatoms. The third kappa shape index (κ3) is 4.26. The Kier molecular flexibility index (Phi) is 5.68. The number of thiazole rings is 1. The Morgan fingerprint density at radius 2 is 2.06 bits per heavy atom. The zero-order valence-electron chi connectivity index (χ0n) is 16.7. The monoisotopic (exact) mass is 435 g/mol. The van der Waals surface area contributed by atoms with E-state index >= 15 is 0 Å². The number of aromatic nitrogens is 3. The van der Waals surface area contributed by atoms with Crippen LogP contribution in [-0.4, -0.2) is 28.4 Å². The summed E-state index contributed by atoms with van der Waals surface area (Å²) >= 11 is 1.54. The molecule has 0 saturated heterocycles. The fourth-order valence-electron chi connectivity index (χ4n) is 3.20. The lowest BCUT2D eigenvalue weighted by Crippen LogP contribution is -2.49. The SMILES string of the molecule is CCNC(=O)c1ccc(-c2ccc(N)[n+](C(=N)Cc3ccc4ncsc4c3)n2)cc1F. The van der Waals surface area contributed by atoms with Crippen molar-refractivity contribution >= 4 is 39.1 Å². The molecule has 0 aliphatic carbocycles. The molecule has 2 aromatic carbocycles. The van der Waals surface area contributed by atoms with Gasteiger partial charge in [-0.15, -0.1) is 21.1 Å². The molecule has 2 aromatic heterocycles. The van der Waals surface area contributed by atoms with Crippen LogP contribution in [0, 0.1) is 11.2 Å². The summed E-state index contributed by atoms with van der Waals surface area (Å²) in [7, 11) is 0. The van der Waals surface area contributed by atoms with Gasteiger partial charge in [-0.1, -0.05) is 12.1 Å². The first-order valence-corrected chi connectivity index (χ1v) is 10.5. The first-order chi connectivity index (χ1) is 15.0. The highest BCUT2D eigenvalue weighted by atomic mass is 32.1. The number of benzene rings is 2. The molecule has 0 atom stereocenters. The van der Waals surface area contributed by atoms with Crippen LogP contribution in [0.3, 0.4) is 0 Å². The Balaban J connectivity index is 1.61. The van der Waals surface area contributed by atoms with Crippen molar-refractivity contribution in [1.82, 2.24) is 15.4 Å². The van der Waals surface area contributed by atoms with Crippen molar-refractivity contribution in [1.29, 1.82) is 5.41 Å². The zero-order chi connectivity index (χ0) is 22.0. The molecule has 0 aliphatic rings. The standard InChI is InChI=1S/C22H19FN6OS/c1-2-26-22(30)15-5-4-14(11-16(15)23)17-7-8-20(24)29(28-17)21(25)10-13-3-6-18-19(9-13)31-12-27-18/h3-9,11-12,24-25H,2,10H2,1H3,(H,26,30)/p+1. The fourth-order valence-corrected chi connectivity index (χ4v) is 3.94. The molecule has 0 unspecified atom stereocenters. The van der Waals surface area contributed by atoms with Crippen LogP contribution in [0.2, 0.25) is 0 Å². The first kappa shape index (κ1) is 20.5. The maximum atomic E-state index is 14.5. The van der Waals surface area contributed by atoms with Gasteiger partial charge in [-0.05, 0) is 42.8 Å². The Bertz CT molecular complexity index is 1300. The number of halogens is 1. The first-order valence-electron chi connectivity index (χ1n) is 9.63. The van der Waals surface area contributed by atoms with Gasteiger partial charge in [0.05, 0.1) is 27.7 Å². The van der Waals surface area contributed by atoms with Crippen molar-refractivity contribution in [2.24, 2.45) is 0 Å². The summed E-state index contributed by atoms with van der Waals surface area (Å²) in [6, 6.07) is 13.4. The number of rotatable bonds is 5. The van der Waals surface area contributed by atoms with Gasteiger partial charge in [0.25, 0.3) is 11.7 Å². The maximum absolute atomic E-state index is 14.5. The number of fused-ring (bicyclic) bond motifs is 1. The van der Waals surface area contributed by atoms with E-state index in [4.69, 9.17) is 11.1 Å². The predicted octanol–water partition coefficient (Wildman–Crippen LogP) is 3.18. The van der Waals surface area contributed by atoms with E-state index in [0.717, 1.165) is 15.8 Å². The molecule has 0 bridgehead atoms. The molecule has 4 N–H and O–H groups in total. The lowest BCUT2D eigenvalue weighted by atomic mass is 10.1. The van der Waals surface area contributed by atoms with Crippen LogP contribution in [-0.2, 0) is 6.42 Å². The van der Waals surface area contributed by atoms with Gasteiger partial charge in [0.15, 0.2) is 0 Å². The Morgan fingerprint density at radius 1 is 1.23 bits per heavy atom. The van der Waals surface area contributed by atoms with Crippen molar-refractivity contribution < 1.29 is 13.9 Å². The van der Waals surface area contributed by atoms with Gasteiger partial charge in [-0.2, -0.15) is 5.41 Å². The maximum Gasteiger partial charge on any atom is 0.258 e. The molecule has 0 radical (unpaired) electrons. The molecule has 7 nitrogen and oxygen atoms in total.